The second kappa shape index (κ2) is 7.58. The van der Waals surface area contributed by atoms with Gasteiger partial charge in [-0.15, -0.1) is 0 Å². The molecule has 1 aromatic heterocycles. The number of rotatable bonds is 4. The Kier molecular flexibility index (Phi) is 5.22. The van der Waals surface area contributed by atoms with Gasteiger partial charge in [0.2, 0.25) is 5.95 Å². The first-order valence-electron chi connectivity index (χ1n) is 7.35. The molecule has 5 nitrogen and oxygen atoms in total. The van der Waals surface area contributed by atoms with Gasteiger partial charge < -0.3 is 10.6 Å². The minimum Gasteiger partial charge on any atom is -0.322 e. The van der Waals surface area contributed by atoms with E-state index in [1.165, 1.54) is 24.4 Å². The second-order valence-corrected chi connectivity index (χ2v) is 5.60. The van der Waals surface area contributed by atoms with Gasteiger partial charge in [0, 0.05) is 11.9 Å². The number of benzene rings is 2. The topological polar surface area (TPSA) is 66.9 Å². The maximum atomic E-state index is 13.7. The number of amides is 1. The van der Waals surface area contributed by atoms with E-state index in [0.717, 1.165) is 18.2 Å². The van der Waals surface area contributed by atoms with Crippen LogP contribution in [0.1, 0.15) is 10.5 Å². The molecule has 0 radical (unpaired) electrons. The average molecular weight is 397 g/mol. The summed E-state index contributed by atoms with van der Waals surface area (Å²) in [6.45, 7) is 0. The Hall–Kier alpha value is -3.20. The molecule has 0 saturated heterocycles. The Morgan fingerprint density at radius 1 is 0.963 bits per heavy atom. The molecule has 3 aromatic rings. The lowest BCUT2D eigenvalue weighted by Crippen LogP contribution is -2.15. The number of hydrogen-bond acceptors (Lipinski definition) is 4. The van der Waals surface area contributed by atoms with Gasteiger partial charge in [-0.05, 0) is 36.4 Å². The van der Waals surface area contributed by atoms with Crippen LogP contribution in [0.3, 0.4) is 0 Å². The van der Waals surface area contributed by atoms with E-state index in [2.05, 4.69) is 20.6 Å². The molecule has 138 valence electrons. The number of nitrogens with one attached hydrogen (secondary N) is 2. The second-order valence-electron chi connectivity index (χ2n) is 5.20. The van der Waals surface area contributed by atoms with Crippen molar-refractivity contribution in [1.82, 2.24) is 9.97 Å². The Bertz CT molecular complexity index is 1030. The fourth-order valence-corrected chi connectivity index (χ4v) is 2.24. The highest BCUT2D eigenvalue weighted by atomic mass is 35.5. The quantitative estimate of drug-likeness (QED) is 0.496. The highest BCUT2D eigenvalue weighted by molar-refractivity contribution is 6.31. The van der Waals surface area contributed by atoms with Crippen LogP contribution >= 0.6 is 11.6 Å². The van der Waals surface area contributed by atoms with Crippen molar-refractivity contribution < 1.29 is 22.4 Å². The van der Waals surface area contributed by atoms with E-state index < -0.39 is 34.9 Å². The zero-order valence-corrected chi connectivity index (χ0v) is 14.0. The third-order valence-corrected chi connectivity index (χ3v) is 3.64. The van der Waals surface area contributed by atoms with Crippen molar-refractivity contribution in [1.29, 1.82) is 0 Å². The van der Waals surface area contributed by atoms with Gasteiger partial charge >= 0.3 is 0 Å². The van der Waals surface area contributed by atoms with Crippen molar-refractivity contribution in [2.45, 2.75) is 0 Å². The van der Waals surface area contributed by atoms with E-state index in [-0.39, 0.29) is 22.4 Å². The summed E-state index contributed by atoms with van der Waals surface area (Å²) in [5.74, 6) is -5.98. The van der Waals surface area contributed by atoms with Crippen LogP contribution in [0.5, 0.6) is 0 Å². The lowest BCUT2D eigenvalue weighted by molar-refractivity contribution is 0.102. The smallest absolute Gasteiger partial charge is 0.274 e. The van der Waals surface area contributed by atoms with E-state index in [9.17, 15) is 22.4 Å². The van der Waals surface area contributed by atoms with Crippen LogP contribution in [0.25, 0.3) is 0 Å². The van der Waals surface area contributed by atoms with Crippen LogP contribution in [0.4, 0.5) is 34.9 Å². The minimum absolute atomic E-state index is 0.115. The SMILES string of the molecule is O=C(Nc1ccc(F)c(Cl)c1)c1ccnc(Nc2ccc(F)c(F)c2F)n1. The molecule has 10 heteroatoms. The van der Waals surface area contributed by atoms with Gasteiger partial charge in [-0.1, -0.05) is 11.6 Å². The molecule has 0 aliphatic carbocycles. The number of carbonyl (C=O) groups is 1. The van der Waals surface area contributed by atoms with E-state index in [1.807, 2.05) is 0 Å². The van der Waals surface area contributed by atoms with Gasteiger partial charge in [0.05, 0.1) is 10.7 Å². The Labute approximate surface area is 155 Å². The fourth-order valence-electron chi connectivity index (χ4n) is 2.06. The fraction of sp³-hybridized carbons (Fsp3) is 0. The first-order chi connectivity index (χ1) is 12.8. The Morgan fingerprint density at radius 3 is 2.44 bits per heavy atom. The molecule has 1 heterocycles. The average Bonchev–Trinajstić information content (AvgIpc) is 2.65. The molecule has 2 N–H and O–H groups in total. The molecular formula is C17H9ClF4N4O. The maximum Gasteiger partial charge on any atom is 0.274 e. The molecule has 0 aliphatic heterocycles. The molecule has 0 saturated carbocycles. The van der Waals surface area contributed by atoms with Crippen molar-refractivity contribution in [3.8, 4) is 0 Å². The Morgan fingerprint density at radius 2 is 1.70 bits per heavy atom. The third-order valence-electron chi connectivity index (χ3n) is 3.35. The monoisotopic (exact) mass is 396 g/mol. The first-order valence-corrected chi connectivity index (χ1v) is 7.73. The summed E-state index contributed by atoms with van der Waals surface area (Å²) < 4.78 is 53.1. The molecule has 0 atom stereocenters. The van der Waals surface area contributed by atoms with E-state index >= 15 is 0 Å². The molecule has 0 unspecified atom stereocenters. The number of halogens is 5. The summed E-state index contributed by atoms with van der Waals surface area (Å²) in [4.78, 5) is 19.9. The number of carbonyl (C=O) groups excluding carboxylic acids is 1. The third kappa shape index (κ3) is 4.14. The van der Waals surface area contributed by atoms with Crippen LogP contribution in [0.2, 0.25) is 5.02 Å². The number of anilines is 3. The molecule has 3 rings (SSSR count). The number of nitrogens with zero attached hydrogens (tertiary/aromatic N) is 2. The predicted octanol–water partition coefficient (Wildman–Crippen LogP) is 4.68. The lowest BCUT2D eigenvalue weighted by atomic mass is 10.3. The number of aromatic nitrogens is 2. The lowest BCUT2D eigenvalue weighted by Gasteiger charge is -2.09. The summed E-state index contributed by atoms with van der Waals surface area (Å²) in [6.07, 6.45) is 1.21. The van der Waals surface area contributed by atoms with Crippen molar-refractivity contribution in [3.63, 3.8) is 0 Å². The largest absolute Gasteiger partial charge is 0.322 e. The van der Waals surface area contributed by atoms with Gasteiger partial charge in [0.1, 0.15) is 11.5 Å². The first kappa shape index (κ1) is 18.6. The maximum absolute atomic E-state index is 13.7. The van der Waals surface area contributed by atoms with E-state index in [0.29, 0.717) is 0 Å². The van der Waals surface area contributed by atoms with Crippen molar-refractivity contribution in [3.05, 3.63) is 76.6 Å². The summed E-state index contributed by atoms with van der Waals surface area (Å²) in [7, 11) is 0. The summed E-state index contributed by atoms with van der Waals surface area (Å²) in [6, 6.07) is 6.56. The zero-order chi connectivity index (χ0) is 19.6. The van der Waals surface area contributed by atoms with Crippen molar-refractivity contribution >= 4 is 34.8 Å². The van der Waals surface area contributed by atoms with Crippen LogP contribution in [-0.2, 0) is 0 Å². The number of hydrogen-bond donors (Lipinski definition) is 2. The molecule has 0 spiro atoms. The summed E-state index contributed by atoms with van der Waals surface area (Å²) in [5, 5.41) is 4.64. The van der Waals surface area contributed by atoms with Crippen molar-refractivity contribution in [2.24, 2.45) is 0 Å². The molecule has 0 fully saturated rings. The van der Waals surface area contributed by atoms with Gasteiger partial charge in [-0.2, -0.15) is 0 Å². The van der Waals surface area contributed by atoms with E-state index in [4.69, 9.17) is 11.6 Å². The van der Waals surface area contributed by atoms with Gasteiger partial charge in [0.25, 0.3) is 5.91 Å². The highest BCUT2D eigenvalue weighted by Gasteiger charge is 2.15. The molecule has 1 amide bonds. The molecule has 27 heavy (non-hydrogen) atoms. The zero-order valence-electron chi connectivity index (χ0n) is 13.2. The normalized spacial score (nSPS) is 10.6. The standard InChI is InChI=1S/C17H9ClF4N4O/c18-9-7-8(1-2-10(9)19)24-16(27)13-5-6-23-17(26-13)25-12-4-3-11(20)14(21)15(12)22/h1-7H,(H,24,27)(H,23,25,26). The van der Waals surface area contributed by atoms with Crippen LogP contribution in [0, 0.1) is 23.3 Å². The van der Waals surface area contributed by atoms with E-state index in [1.54, 1.807) is 0 Å². The highest BCUT2D eigenvalue weighted by Crippen LogP contribution is 2.22. The summed E-state index contributed by atoms with van der Waals surface area (Å²) >= 11 is 5.64. The predicted molar refractivity (Wildman–Crippen MR) is 91.0 cm³/mol. The minimum atomic E-state index is -1.65. The molecule has 2 aromatic carbocycles. The molecule has 0 aliphatic rings. The van der Waals surface area contributed by atoms with Crippen LogP contribution in [-0.4, -0.2) is 15.9 Å². The van der Waals surface area contributed by atoms with Gasteiger partial charge in [0.15, 0.2) is 17.5 Å². The van der Waals surface area contributed by atoms with Crippen molar-refractivity contribution in [2.75, 3.05) is 10.6 Å². The van der Waals surface area contributed by atoms with Gasteiger partial charge in [-0.3, -0.25) is 4.79 Å². The summed E-state index contributed by atoms with van der Waals surface area (Å²) in [5.41, 5.74) is -0.293. The van der Waals surface area contributed by atoms with Crippen LogP contribution in [0.15, 0.2) is 42.6 Å². The Balaban J connectivity index is 1.80. The molecule has 0 bridgehead atoms. The van der Waals surface area contributed by atoms with Gasteiger partial charge in [-0.25, -0.2) is 27.5 Å². The molecular weight excluding hydrogens is 388 g/mol. The van der Waals surface area contributed by atoms with Crippen LogP contribution < -0.4 is 10.6 Å².